The molecule has 0 spiro atoms. The molecule has 33 heavy (non-hydrogen) atoms. The molecule has 0 saturated heterocycles. The molecule has 0 aromatic heterocycles. The molecule has 0 heterocycles. The van der Waals surface area contributed by atoms with Crippen molar-refractivity contribution < 1.29 is 70.0 Å². The van der Waals surface area contributed by atoms with E-state index >= 15 is 0 Å². The predicted octanol–water partition coefficient (Wildman–Crippen LogP) is 5.34. The molecule has 0 aromatic carbocycles. The van der Waals surface area contributed by atoms with Crippen LogP contribution in [0.5, 0.6) is 0 Å². The molecule has 2 N–H and O–H groups in total. The minimum atomic E-state index is -8.19. The third-order valence-corrected chi connectivity index (χ3v) is 4.52. The van der Waals surface area contributed by atoms with E-state index in [-0.39, 0.29) is 0 Å². The van der Waals surface area contributed by atoms with E-state index in [1.165, 1.54) is 0 Å². The minimum Gasteiger partial charge on any atom is -0.310 e. The van der Waals surface area contributed by atoms with Crippen LogP contribution in [0.15, 0.2) is 25.3 Å². The summed E-state index contributed by atoms with van der Waals surface area (Å²) in [5.41, 5.74) is 0. The number of hydrogen-bond donors (Lipinski definition) is 2. The summed E-state index contributed by atoms with van der Waals surface area (Å²) in [6, 6.07) is 0. The van der Waals surface area contributed by atoms with Gasteiger partial charge in [0.1, 0.15) is 0 Å². The molecule has 0 rings (SSSR count). The van der Waals surface area contributed by atoms with Crippen molar-refractivity contribution in [3.63, 3.8) is 0 Å². The van der Waals surface area contributed by atoms with E-state index in [1.807, 2.05) is 12.2 Å². The highest BCUT2D eigenvalue weighted by Crippen LogP contribution is 2.61. The Morgan fingerprint density at radius 1 is 0.788 bits per heavy atom. The Hall–Kier alpha value is -1.56. The third-order valence-electron chi connectivity index (χ3n) is 3.62. The Morgan fingerprint density at radius 2 is 1.12 bits per heavy atom. The van der Waals surface area contributed by atoms with Crippen LogP contribution in [0, 0.1) is 0 Å². The summed E-state index contributed by atoms with van der Waals surface area (Å²) in [4.78, 5) is 0. The monoisotopic (exact) mass is 539 g/mol. The van der Waals surface area contributed by atoms with E-state index in [2.05, 4.69) is 18.5 Å². The number of halogens is 13. The third kappa shape index (κ3) is 5.93. The summed E-state index contributed by atoms with van der Waals surface area (Å²) in [6.07, 6.45) is -2.36. The Bertz CT molecular complexity index is 761. The van der Waals surface area contributed by atoms with Crippen LogP contribution < -0.4 is 5.32 Å². The van der Waals surface area contributed by atoms with Gasteiger partial charge in [0, 0.05) is 13.1 Å². The molecule has 0 bridgehead atoms. The standard InChI is InChI=1S/C9H7F13O3S.C6H11N/c1-2-3(10)4(11,12)5(13,14)6(15,16)7(17,18)8(19,20)9(21,22)26(23,24)25;1-3-5-7-6-4-2/h3H,2H2,1H3,(H,23,24,25);3-4,7H,1-2,5-6H2. The molecule has 1 unspecified atom stereocenters. The molecule has 4 nitrogen and oxygen atoms in total. The highest BCUT2D eigenvalue weighted by molar-refractivity contribution is 7.87. The molecule has 0 saturated carbocycles. The zero-order valence-corrected chi connectivity index (χ0v) is 17.2. The molecule has 0 amide bonds. The van der Waals surface area contributed by atoms with Crippen molar-refractivity contribution in [1.29, 1.82) is 0 Å². The summed E-state index contributed by atoms with van der Waals surface area (Å²) in [6.45, 7) is 9.14. The van der Waals surface area contributed by atoms with Crippen LogP contribution in [0.3, 0.4) is 0 Å². The summed E-state index contributed by atoms with van der Waals surface area (Å²) in [5.74, 6) is -38.7. The van der Waals surface area contributed by atoms with Crippen molar-refractivity contribution in [3.05, 3.63) is 25.3 Å². The topological polar surface area (TPSA) is 66.4 Å². The van der Waals surface area contributed by atoms with Crippen molar-refractivity contribution in [1.82, 2.24) is 5.32 Å². The Kier molecular flexibility index (Phi) is 11.0. The van der Waals surface area contributed by atoms with Crippen LogP contribution in [-0.2, 0) is 10.1 Å². The minimum absolute atomic E-state index is 0.339. The second kappa shape index (κ2) is 10.8. The van der Waals surface area contributed by atoms with E-state index in [4.69, 9.17) is 4.55 Å². The number of alkyl halides is 13. The van der Waals surface area contributed by atoms with Gasteiger partial charge in [0.25, 0.3) is 0 Å². The summed E-state index contributed by atoms with van der Waals surface area (Å²) >= 11 is 0. The predicted molar refractivity (Wildman–Crippen MR) is 89.7 cm³/mol. The average Bonchev–Trinajstić information content (AvgIpc) is 2.66. The fraction of sp³-hybridized carbons (Fsp3) is 0.733. The molecule has 198 valence electrons. The second-order valence-electron chi connectivity index (χ2n) is 6.02. The van der Waals surface area contributed by atoms with Crippen molar-refractivity contribution in [2.24, 2.45) is 0 Å². The maximum atomic E-state index is 13.1. The van der Waals surface area contributed by atoms with E-state index in [0.717, 1.165) is 13.1 Å². The smallest absolute Gasteiger partial charge is 0.310 e. The molecule has 0 fully saturated rings. The second-order valence-corrected chi connectivity index (χ2v) is 7.49. The van der Waals surface area contributed by atoms with Gasteiger partial charge in [-0.05, 0) is 6.42 Å². The number of rotatable bonds is 12. The van der Waals surface area contributed by atoms with Gasteiger partial charge in [-0.1, -0.05) is 19.1 Å². The van der Waals surface area contributed by atoms with E-state index < -0.39 is 57.6 Å². The molecule has 0 aliphatic rings. The molecule has 18 heteroatoms. The summed E-state index contributed by atoms with van der Waals surface area (Å²) in [5, 5.41) is -4.45. The van der Waals surface area contributed by atoms with Gasteiger partial charge in [0.05, 0.1) is 0 Å². The Balaban J connectivity index is 0. The molecule has 1 atom stereocenters. The summed E-state index contributed by atoms with van der Waals surface area (Å²) < 4.78 is 197. The first-order chi connectivity index (χ1) is 14.4. The van der Waals surface area contributed by atoms with Crippen LogP contribution in [0.2, 0.25) is 0 Å². The van der Waals surface area contributed by atoms with Gasteiger partial charge in [0.15, 0.2) is 6.17 Å². The van der Waals surface area contributed by atoms with Crippen LogP contribution in [0.4, 0.5) is 57.1 Å². The average molecular weight is 539 g/mol. The first kappa shape index (κ1) is 33.6. The van der Waals surface area contributed by atoms with Crippen molar-refractivity contribution >= 4 is 10.1 Å². The first-order valence-corrected chi connectivity index (χ1v) is 9.64. The molecule has 0 radical (unpaired) electrons. The maximum absolute atomic E-state index is 13.1. The first-order valence-electron chi connectivity index (χ1n) is 8.20. The number of nitrogens with one attached hydrogen (secondary N) is 1. The number of hydrogen-bond acceptors (Lipinski definition) is 3. The molecular formula is C15H18F13NO3S. The lowest BCUT2D eigenvalue weighted by Gasteiger charge is -2.41. The summed E-state index contributed by atoms with van der Waals surface area (Å²) in [7, 11) is -7.61. The highest BCUT2D eigenvalue weighted by Gasteiger charge is 2.92. The quantitative estimate of drug-likeness (QED) is 0.152. The van der Waals surface area contributed by atoms with Crippen LogP contribution in [0.25, 0.3) is 0 Å². The van der Waals surface area contributed by atoms with Crippen molar-refractivity contribution in [2.75, 3.05) is 13.1 Å². The zero-order valence-electron chi connectivity index (χ0n) is 16.4. The fourth-order valence-electron chi connectivity index (χ4n) is 1.69. The van der Waals surface area contributed by atoms with E-state index in [9.17, 15) is 65.5 Å². The van der Waals surface area contributed by atoms with Crippen LogP contribution >= 0.6 is 0 Å². The Morgan fingerprint density at radius 3 is 1.39 bits per heavy atom. The van der Waals surface area contributed by atoms with E-state index in [0.29, 0.717) is 6.92 Å². The van der Waals surface area contributed by atoms with Crippen LogP contribution in [0.1, 0.15) is 13.3 Å². The van der Waals surface area contributed by atoms with E-state index in [1.54, 1.807) is 0 Å². The maximum Gasteiger partial charge on any atom is 0.438 e. The van der Waals surface area contributed by atoms with Gasteiger partial charge in [-0.2, -0.15) is 61.1 Å². The SMILES string of the molecule is C=CCNCC=C.CCC(F)C(F)(F)C(F)(F)C(F)(F)C(F)(F)C(F)(F)C(F)(F)S(=O)(=O)O. The van der Waals surface area contributed by atoms with Gasteiger partial charge in [-0.15, -0.1) is 13.2 Å². The lowest BCUT2D eigenvalue weighted by Crippen LogP contribution is -2.72. The molecular weight excluding hydrogens is 521 g/mol. The largest absolute Gasteiger partial charge is 0.438 e. The van der Waals surface area contributed by atoms with Gasteiger partial charge >= 0.3 is 45.0 Å². The van der Waals surface area contributed by atoms with Crippen molar-refractivity contribution in [3.8, 4) is 0 Å². The van der Waals surface area contributed by atoms with Gasteiger partial charge in [0.2, 0.25) is 0 Å². The zero-order chi connectivity index (χ0) is 27.3. The highest BCUT2D eigenvalue weighted by atomic mass is 32.2. The Labute approximate surface area is 179 Å². The lowest BCUT2D eigenvalue weighted by molar-refractivity contribution is -0.421. The molecule has 0 aliphatic heterocycles. The van der Waals surface area contributed by atoms with Gasteiger partial charge < -0.3 is 5.32 Å². The normalized spacial score (nSPS) is 15.4. The molecule has 0 aliphatic carbocycles. The van der Waals surface area contributed by atoms with Crippen molar-refractivity contribution in [2.45, 2.75) is 54.4 Å². The van der Waals surface area contributed by atoms with Gasteiger partial charge in [-0.3, -0.25) is 4.55 Å². The lowest BCUT2D eigenvalue weighted by atomic mass is 9.91. The fourth-order valence-corrected chi connectivity index (χ4v) is 2.14. The van der Waals surface area contributed by atoms with Crippen LogP contribution in [-0.4, -0.2) is 67.1 Å². The van der Waals surface area contributed by atoms with Gasteiger partial charge in [-0.25, -0.2) is 4.39 Å². The molecule has 0 aromatic rings.